The van der Waals surface area contributed by atoms with Crippen LogP contribution < -0.4 is 0 Å². The van der Waals surface area contributed by atoms with Crippen LogP contribution in [0.15, 0.2) is 0 Å². The molecule has 6 heteroatoms. The van der Waals surface area contributed by atoms with E-state index >= 15 is 0 Å². The predicted molar refractivity (Wildman–Crippen MR) is 90.8 cm³/mol. The molecule has 1 saturated carbocycles. The standard InChI is InChI=1S/C18H34O6/c1-14(2)16-5-4-15(3)12-17(16)24-18(20)13-23-11-10-22-9-8-21-7-6-19/h14-17,19H,4-13H2,1-3H3/t15-,16+,17-/m1/s1. The van der Waals surface area contributed by atoms with Gasteiger partial charge >= 0.3 is 5.97 Å². The third-order valence-electron chi connectivity index (χ3n) is 4.44. The Morgan fingerprint density at radius 2 is 1.67 bits per heavy atom. The van der Waals surface area contributed by atoms with Gasteiger partial charge in [-0.2, -0.15) is 0 Å². The highest BCUT2D eigenvalue weighted by Crippen LogP contribution is 2.35. The second kappa shape index (κ2) is 12.6. The Hall–Kier alpha value is -0.690. The molecule has 0 bridgehead atoms. The molecule has 1 aliphatic rings. The maximum absolute atomic E-state index is 12.0. The van der Waals surface area contributed by atoms with Gasteiger partial charge in [-0.15, -0.1) is 0 Å². The first-order chi connectivity index (χ1) is 11.5. The van der Waals surface area contributed by atoms with Crippen molar-refractivity contribution in [3.63, 3.8) is 0 Å². The van der Waals surface area contributed by atoms with Crippen molar-refractivity contribution in [2.45, 2.75) is 46.1 Å². The lowest BCUT2D eigenvalue weighted by atomic mass is 9.75. The van der Waals surface area contributed by atoms with Crippen LogP contribution in [0.1, 0.15) is 40.0 Å². The van der Waals surface area contributed by atoms with Gasteiger partial charge in [0.1, 0.15) is 12.7 Å². The molecule has 3 atom stereocenters. The summed E-state index contributed by atoms with van der Waals surface area (Å²) in [6, 6.07) is 0. The first-order valence-electron chi connectivity index (χ1n) is 9.08. The van der Waals surface area contributed by atoms with E-state index in [-0.39, 0.29) is 25.3 Å². The SMILES string of the molecule is CC(C)[C@@H]1CC[C@@H](C)C[C@H]1OC(=O)COCCOCCOCCO. The van der Waals surface area contributed by atoms with Crippen molar-refractivity contribution in [3.05, 3.63) is 0 Å². The molecule has 6 nitrogen and oxygen atoms in total. The normalized spacial score (nSPS) is 24.3. The molecule has 0 radical (unpaired) electrons. The van der Waals surface area contributed by atoms with E-state index in [2.05, 4.69) is 20.8 Å². The van der Waals surface area contributed by atoms with E-state index in [1.807, 2.05) is 0 Å². The van der Waals surface area contributed by atoms with Gasteiger partial charge in [0.15, 0.2) is 0 Å². The lowest BCUT2D eigenvalue weighted by Gasteiger charge is -2.36. The summed E-state index contributed by atoms with van der Waals surface area (Å²) in [5, 5.41) is 8.54. The van der Waals surface area contributed by atoms with E-state index in [4.69, 9.17) is 24.1 Å². The van der Waals surface area contributed by atoms with Gasteiger partial charge in [-0.25, -0.2) is 4.79 Å². The van der Waals surface area contributed by atoms with Crippen molar-refractivity contribution in [1.82, 2.24) is 0 Å². The molecule has 1 aliphatic carbocycles. The van der Waals surface area contributed by atoms with Crippen LogP contribution in [0.3, 0.4) is 0 Å². The highest BCUT2D eigenvalue weighted by molar-refractivity contribution is 5.70. The minimum absolute atomic E-state index is 0.0165. The van der Waals surface area contributed by atoms with Crippen molar-refractivity contribution in [1.29, 1.82) is 0 Å². The minimum atomic E-state index is -0.286. The zero-order chi connectivity index (χ0) is 17.8. The van der Waals surface area contributed by atoms with Crippen LogP contribution in [0.25, 0.3) is 0 Å². The zero-order valence-electron chi connectivity index (χ0n) is 15.4. The van der Waals surface area contributed by atoms with E-state index in [1.165, 1.54) is 6.42 Å². The Kier molecular flexibility index (Phi) is 11.2. The number of esters is 1. The molecule has 0 amide bonds. The first-order valence-corrected chi connectivity index (χ1v) is 9.08. The van der Waals surface area contributed by atoms with Gasteiger partial charge in [0.05, 0.1) is 39.6 Å². The smallest absolute Gasteiger partial charge is 0.332 e. The van der Waals surface area contributed by atoms with E-state index < -0.39 is 0 Å². The number of rotatable bonds is 12. The largest absolute Gasteiger partial charge is 0.460 e. The summed E-state index contributed by atoms with van der Waals surface area (Å²) < 4.78 is 21.3. The van der Waals surface area contributed by atoms with Gasteiger partial charge in [0.25, 0.3) is 0 Å². The van der Waals surface area contributed by atoms with Gasteiger partial charge in [-0.05, 0) is 30.6 Å². The van der Waals surface area contributed by atoms with Crippen molar-refractivity contribution in [3.8, 4) is 0 Å². The molecule has 1 rings (SSSR count). The zero-order valence-corrected chi connectivity index (χ0v) is 15.4. The summed E-state index contributed by atoms with van der Waals surface area (Å²) in [6.07, 6.45) is 3.31. The van der Waals surface area contributed by atoms with Crippen molar-refractivity contribution >= 4 is 5.97 Å². The fourth-order valence-corrected chi connectivity index (χ4v) is 3.11. The predicted octanol–water partition coefficient (Wildman–Crippen LogP) is 2.03. The topological polar surface area (TPSA) is 74.2 Å². The molecular weight excluding hydrogens is 312 g/mol. The van der Waals surface area contributed by atoms with Crippen LogP contribution >= 0.6 is 0 Å². The van der Waals surface area contributed by atoms with Gasteiger partial charge in [0.2, 0.25) is 0 Å². The summed E-state index contributed by atoms with van der Waals surface area (Å²) in [7, 11) is 0. The number of carbonyl (C=O) groups is 1. The average molecular weight is 346 g/mol. The summed E-state index contributed by atoms with van der Waals surface area (Å²) >= 11 is 0. The van der Waals surface area contributed by atoms with Crippen LogP contribution in [0, 0.1) is 17.8 Å². The molecule has 0 aromatic rings. The molecule has 24 heavy (non-hydrogen) atoms. The molecule has 1 N–H and O–H groups in total. The molecule has 0 aliphatic heterocycles. The lowest BCUT2D eigenvalue weighted by Crippen LogP contribution is -2.36. The molecule has 0 aromatic heterocycles. The Bertz CT molecular complexity index is 333. The molecule has 0 spiro atoms. The quantitative estimate of drug-likeness (QED) is 0.430. The fraction of sp³-hybridized carbons (Fsp3) is 0.944. The molecular formula is C18H34O6. The number of hydrogen-bond donors (Lipinski definition) is 1. The second-order valence-corrected chi connectivity index (χ2v) is 6.86. The Labute approximate surface area is 145 Å². The molecule has 0 unspecified atom stereocenters. The number of aliphatic hydroxyl groups is 1. The van der Waals surface area contributed by atoms with Gasteiger partial charge < -0.3 is 24.1 Å². The van der Waals surface area contributed by atoms with E-state index in [0.29, 0.717) is 50.8 Å². The summed E-state index contributed by atoms with van der Waals surface area (Å²) in [4.78, 5) is 12.0. The Morgan fingerprint density at radius 3 is 2.29 bits per heavy atom. The van der Waals surface area contributed by atoms with Crippen molar-refractivity contribution < 1.29 is 28.8 Å². The van der Waals surface area contributed by atoms with Crippen LogP contribution in [-0.4, -0.2) is 63.4 Å². The van der Waals surface area contributed by atoms with E-state index in [9.17, 15) is 4.79 Å². The number of carbonyl (C=O) groups excluding carboxylic acids is 1. The van der Waals surface area contributed by atoms with Crippen LogP contribution in [0.4, 0.5) is 0 Å². The maximum Gasteiger partial charge on any atom is 0.332 e. The first kappa shape index (κ1) is 21.4. The highest BCUT2D eigenvalue weighted by Gasteiger charge is 2.33. The van der Waals surface area contributed by atoms with E-state index in [0.717, 1.165) is 12.8 Å². The van der Waals surface area contributed by atoms with Gasteiger partial charge in [-0.1, -0.05) is 27.2 Å². The molecule has 0 aromatic carbocycles. The van der Waals surface area contributed by atoms with Gasteiger partial charge in [-0.3, -0.25) is 0 Å². The van der Waals surface area contributed by atoms with Gasteiger partial charge in [0, 0.05) is 0 Å². The third kappa shape index (κ3) is 8.97. The fourth-order valence-electron chi connectivity index (χ4n) is 3.11. The van der Waals surface area contributed by atoms with E-state index in [1.54, 1.807) is 0 Å². The maximum atomic E-state index is 12.0. The third-order valence-corrected chi connectivity index (χ3v) is 4.44. The molecule has 0 saturated heterocycles. The molecule has 142 valence electrons. The minimum Gasteiger partial charge on any atom is -0.460 e. The molecule has 0 heterocycles. The van der Waals surface area contributed by atoms with Crippen molar-refractivity contribution in [2.75, 3.05) is 46.2 Å². The number of ether oxygens (including phenoxy) is 4. The summed E-state index contributed by atoms with van der Waals surface area (Å²) in [5.74, 6) is 1.30. The Balaban J connectivity index is 2.10. The number of hydrogen-bond acceptors (Lipinski definition) is 6. The molecule has 1 fully saturated rings. The van der Waals surface area contributed by atoms with Crippen molar-refractivity contribution in [2.24, 2.45) is 17.8 Å². The highest BCUT2D eigenvalue weighted by atomic mass is 16.6. The Morgan fingerprint density at radius 1 is 1.04 bits per heavy atom. The monoisotopic (exact) mass is 346 g/mol. The second-order valence-electron chi connectivity index (χ2n) is 6.86. The van der Waals surface area contributed by atoms with Crippen LogP contribution in [-0.2, 0) is 23.7 Å². The van der Waals surface area contributed by atoms with Crippen LogP contribution in [0.5, 0.6) is 0 Å². The summed E-state index contributed by atoms with van der Waals surface area (Å²) in [5.41, 5.74) is 0. The summed E-state index contributed by atoms with van der Waals surface area (Å²) in [6.45, 7) is 8.57. The lowest BCUT2D eigenvalue weighted by molar-refractivity contribution is -0.161. The number of aliphatic hydroxyl groups excluding tert-OH is 1. The average Bonchev–Trinajstić information content (AvgIpc) is 2.53. The van der Waals surface area contributed by atoms with Crippen LogP contribution in [0.2, 0.25) is 0 Å².